The summed E-state index contributed by atoms with van der Waals surface area (Å²) in [7, 11) is 1.32. The van der Waals surface area contributed by atoms with E-state index >= 15 is 0 Å². The Hall–Kier alpha value is -0.240. The molecule has 6 nitrogen and oxygen atoms in total. The Kier molecular flexibility index (Phi) is 3.60. The van der Waals surface area contributed by atoms with Crippen LogP contribution in [0, 0.1) is 0 Å². The van der Waals surface area contributed by atoms with Crippen molar-refractivity contribution in [3.05, 3.63) is 0 Å². The van der Waals surface area contributed by atoms with E-state index in [0.29, 0.717) is 0 Å². The molecule has 78 valence electrons. The average Bonchev–Trinajstić information content (AvgIpc) is 2.13. The molecule has 13 heavy (non-hydrogen) atoms. The summed E-state index contributed by atoms with van der Waals surface area (Å²) >= 11 is 0. The Labute approximate surface area is 75.3 Å². The van der Waals surface area contributed by atoms with Crippen LogP contribution in [0.2, 0.25) is 0 Å². The minimum Gasteiger partial charge on any atom is -0.394 e. The topological polar surface area (TPSA) is 99.4 Å². The standard InChI is InChI=1S/C7H14O6/c1-12-6-3(2-8)13-7(11)5(10)4(6)9/h3-11H,2H2,1H3/t3-,4-,5-,6-,7+/m1/s1. The van der Waals surface area contributed by atoms with Crippen molar-refractivity contribution in [2.45, 2.75) is 30.7 Å². The number of hydrogen-bond donors (Lipinski definition) is 4. The summed E-state index contributed by atoms with van der Waals surface area (Å²) in [5.41, 5.74) is 0. The predicted molar refractivity (Wildman–Crippen MR) is 40.8 cm³/mol. The Bertz CT molecular complexity index is 161. The van der Waals surface area contributed by atoms with E-state index in [9.17, 15) is 10.2 Å². The average molecular weight is 194 g/mol. The first kappa shape index (κ1) is 10.8. The van der Waals surface area contributed by atoms with Crippen LogP contribution in [0.25, 0.3) is 0 Å². The van der Waals surface area contributed by atoms with Gasteiger partial charge in [-0.3, -0.25) is 0 Å². The minimum absolute atomic E-state index is 0.390. The highest BCUT2D eigenvalue weighted by molar-refractivity contribution is 4.89. The van der Waals surface area contributed by atoms with Crippen molar-refractivity contribution in [3.63, 3.8) is 0 Å². The van der Waals surface area contributed by atoms with Gasteiger partial charge in [0.25, 0.3) is 0 Å². The molecule has 1 heterocycles. The summed E-state index contributed by atoms with van der Waals surface area (Å²) in [4.78, 5) is 0. The lowest BCUT2D eigenvalue weighted by Crippen LogP contribution is -2.59. The van der Waals surface area contributed by atoms with Crippen LogP contribution in [0.3, 0.4) is 0 Å². The van der Waals surface area contributed by atoms with Crippen molar-refractivity contribution in [3.8, 4) is 0 Å². The van der Waals surface area contributed by atoms with Crippen LogP contribution in [0.5, 0.6) is 0 Å². The zero-order valence-corrected chi connectivity index (χ0v) is 7.20. The molecule has 1 saturated heterocycles. The zero-order valence-electron chi connectivity index (χ0n) is 7.20. The number of aliphatic hydroxyl groups excluding tert-OH is 4. The first-order valence-corrected chi connectivity index (χ1v) is 3.95. The third kappa shape index (κ3) is 1.98. The van der Waals surface area contributed by atoms with Crippen molar-refractivity contribution in [2.75, 3.05) is 13.7 Å². The van der Waals surface area contributed by atoms with E-state index < -0.39 is 30.7 Å². The van der Waals surface area contributed by atoms with Gasteiger partial charge in [0.05, 0.1) is 6.61 Å². The minimum atomic E-state index is -1.49. The molecule has 0 saturated carbocycles. The van der Waals surface area contributed by atoms with Crippen LogP contribution in [0.4, 0.5) is 0 Å². The second-order valence-corrected chi connectivity index (χ2v) is 2.93. The van der Waals surface area contributed by atoms with E-state index in [1.807, 2.05) is 0 Å². The van der Waals surface area contributed by atoms with Gasteiger partial charge in [-0.2, -0.15) is 0 Å². The summed E-state index contributed by atoms with van der Waals surface area (Å²) in [5, 5.41) is 36.4. The van der Waals surface area contributed by atoms with Crippen molar-refractivity contribution < 1.29 is 29.9 Å². The lowest BCUT2D eigenvalue weighted by atomic mass is 9.99. The fourth-order valence-corrected chi connectivity index (χ4v) is 1.36. The monoisotopic (exact) mass is 194 g/mol. The Morgan fingerprint density at radius 3 is 2.31 bits per heavy atom. The van der Waals surface area contributed by atoms with E-state index in [1.165, 1.54) is 7.11 Å². The molecule has 0 aromatic heterocycles. The fraction of sp³-hybridized carbons (Fsp3) is 1.00. The number of methoxy groups -OCH3 is 1. The molecule has 1 aliphatic heterocycles. The quantitative estimate of drug-likeness (QED) is 0.386. The van der Waals surface area contributed by atoms with Gasteiger partial charge in [0.2, 0.25) is 0 Å². The first-order valence-electron chi connectivity index (χ1n) is 3.95. The molecule has 1 fully saturated rings. The summed E-state index contributed by atoms with van der Waals surface area (Å²) in [6, 6.07) is 0. The molecule has 0 aromatic carbocycles. The lowest BCUT2D eigenvalue weighted by molar-refractivity contribution is -0.290. The number of rotatable bonds is 2. The molecule has 5 atom stereocenters. The van der Waals surface area contributed by atoms with Crippen LogP contribution in [-0.2, 0) is 9.47 Å². The van der Waals surface area contributed by atoms with E-state index in [0.717, 1.165) is 0 Å². The molecule has 0 unspecified atom stereocenters. The second kappa shape index (κ2) is 4.32. The van der Waals surface area contributed by atoms with Crippen LogP contribution in [-0.4, -0.2) is 64.8 Å². The predicted octanol–water partition coefficient (Wildman–Crippen LogP) is -2.57. The summed E-state index contributed by atoms with van der Waals surface area (Å²) < 4.78 is 9.61. The smallest absolute Gasteiger partial charge is 0.184 e. The Morgan fingerprint density at radius 2 is 1.85 bits per heavy atom. The molecular weight excluding hydrogens is 180 g/mol. The zero-order chi connectivity index (χ0) is 10.0. The van der Waals surface area contributed by atoms with E-state index in [2.05, 4.69) is 0 Å². The van der Waals surface area contributed by atoms with Gasteiger partial charge in [-0.25, -0.2) is 0 Å². The summed E-state index contributed by atoms with van der Waals surface area (Å²) in [6.45, 7) is -0.390. The van der Waals surface area contributed by atoms with Crippen molar-refractivity contribution >= 4 is 0 Å². The number of aliphatic hydroxyl groups is 4. The maximum Gasteiger partial charge on any atom is 0.184 e. The van der Waals surface area contributed by atoms with Crippen molar-refractivity contribution in [1.82, 2.24) is 0 Å². The third-order valence-corrected chi connectivity index (χ3v) is 2.11. The molecule has 0 radical (unpaired) electrons. The molecule has 0 aromatic rings. The highest BCUT2D eigenvalue weighted by Crippen LogP contribution is 2.21. The van der Waals surface area contributed by atoms with Crippen LogP contribution >= 0.6 is 0 Å². The molecule has 0 amide bonds. The molecule has 4 N–H and O–H groups in total. The maximum atomic E-state index is 9.38. The van der Waals surface area contributed by atoms with Gasteiger partial charge in [0, 0.05) is 7.11 Å². The molecule has 0 spiro atoms. The molecular formula is C7H14O6. The SMILES string of the molecule is CO[C@H]1[C@H](O)[C@@H](O)[C@@H](O)O[C@@H]1CO. The molecule has 1 rings (SSSR count). The lowest BCUT2D eigenvalue weighted by Gasteiger charge is -2.39. The van der Waals surface area contributed by atoms with Crippen LogP contribution < -0.4 is 0 Å². The van der Waals surface area contributed by atoms with Gasteiger partial charge in [-0.1, -0.05) is 0 Å². The summed E-state index contributed by atoms with van der Waals surface area (Å²) in [6.07, 6.45) is -5.81. The van der Waals surface area contributed by atoms with Gasteiger partial charge in [-0.15, -0.1) is 0 Å². The molecule has 1 aliphatic rings. The van der Waals surface area contributed by atoms with Gasteiger partial charge in [0.15, 0.2) is 6.29 Å². The van der Waals surface area contributed by atoms with E-state index in [1.54, 1.807) is 0 Å². The van der Waals surface area contributed by atoms with E-state index in [4.69, 9.17) is 19.7 Å². The van der Waals surface area contributed by atoms with Gasteiger partial charge < -0.3 is 29.9 Å². The van der Waals surface area contributed by atoms with Gasteiger partial charge in [0.1, 0.15) is 24.4 Å². The third-order valence-electron chi connectivity index (χ3n) is 2.11. The number of hydrogen-bond acceptors (Lipinski definition) is 6. The maximum absolute atomic E-state index is 9.38. The van der Waals surface area contributed by atoms with Gasteiger partial charge in [-0.05, 0) is 0 Å². The Balaban J connectivity index is 2.69. The summed E-state index contributed by atoms with van der Waals surface area (Å²) in [5.74, 6) is 0. The van der Waals surface area contributed by atoms with Crippen LogP contribution in [0.15, 0.2) is 0 Å². The highest BCUT2D eigenvalue weighted by atomic mass is 16.6. The first-order chi connectivity index (χ1) is 6.11. The van der Waals surface area contributed by atoms with Gasteiger partial charge >= 0.3 is 0 Å². The normalized spacial score (nSPS) is 46.4. The molecule has 0 bridgehead atoms. The van der Waals surface area contributed by atoms with Crippen LogP contribution in [0.1, 0.15) is 0 Å². The second-order valence-electron chi connectivity index (χ2n) is 2.93. The largest absolute Gasteiger partial charge is 0.394 e. The highest BCUT2D eigenvalue weighted by Gasteiger charge is 2.43. The number of ether oxygens (including phenoxy) is 2. The van der Waals surface area contributed by atoms with Crippen molar-refractivity contribution in [2.24, 2.45) is 0 Å². The van der Waals surface area contributed by atoms with Crippen molar-refractivity contribution in [1.29, 1.82) is 0 Å². The Morgan fingerprint density at radius 1 is 1.23 bits per heavy atom. The fourth-order valence-electron chi connectivity index (χ4n) is 1.36. The molecule has 6 heteroatoms. The molecule has 0 aliphatic carbocycles. The van der Waals surface area contributed by atoms with E-state index in [-0.39, 0.29) is 6.61 Å².